The third-order valence-corrected chi connectivity index (χ3v) is 17.3. The highest BCUT2D eigenvalue weighted by molar-refractivity contribution is 5.88. The molecule has 24 atom stereocenters. The van der Waals surface area contributed by atoms with Crippen LogP contribution >= 0.6 is 0 Å². The average Bonchev–Trinajstić information content (AvgIpc) is 3.57. The number of esters is 2. The van der Waals surface area contributed by atoms with Crippen molar-refractivity contribution < 1.29 is 92.4 Å². The molecule has 19 nitrogen and oxygen atoms in total. The Labute approximate surface area is 393 Å². The van der Waals surface area contributed by atoms with E-state index >= 15 is 0 Å². The molecule has 5 unspecified atom stereocenters. The van der Waals surface area contributed by atoms with Crippen LogP contribution in [-0.2, 0) is 61.8 Å². The normalized spacial score (nSPS) is 50.1. The maximum Gasteiger partial charge on any atom is 0.333 e. The lowest BCUT2D eigenvalue weighted by molar-refractivity contribution is -0.371. The van der Waals surface area contributed by atoms with Crippen LogP contribution in [0.25, 0.3) is 0 Å². The molecule has 0 aromatic rings. The van der Waals surface area contributed by atoms with Crippen LogP contribution in [0.1, 0.15) is 107 Å². The van der Waals surface area contributed by atoms with Crippen LogP contribution < -0.4 is 0 Å². The van der Waals surface area contributed by atoms with Gasteiger partial charge < -0.3 is 78.0 Å². The van der Waals surface area contributed by atoms with E-state index in [-0.39, 0.29) is 29.6 Å². The van der Waals surface area contributed by atoms with E-state index in [1.54, 1.807) is 34.0 Å². The Morgan fingerprint density at radius 3 is 2.03 bits per heavy atom. The van der Waals surface area contributed by atoms with Gasteiger partial charge in [0.05, 0.1) is 36.6 Å². The van der Waals surface area contributed by atoms with Gasteiger partial charge in [-0.05, 0) is 96.8 Å². The van der Waals surface area contributed by atoms with E-state index in [4.69, 9.17) is 47.4 Å². The lowest BCUT2D eigenvalue weighted by atomic mass is 9.41. The van der Waals surface area contributed by atoms with Gasteiger partial charge in [0, 0.05) is 50.4 Å². The van der Waals surface area contributed by atoms with Crippen LogP contribution in [0.5, 0.6) is 0 Å². The van der Waals surface area contributed by atoms with Crippen molar-refractivity contribution in [2.24, 2.45) is 34.5 Å². The minimum atomic E-state index is -1.67. The molecule has 4 aliphatic carbocycles. The highest BCUT2D eigenvalue weighted by Gasteiger charge is 2.76. The molecule has 7 rings (SSSR count). The molecule has 0 radical (unpaired) electrons. The Hall–Kier alpha value is -2.21. The summed E-state index contributed by atoms with van der Waals surface area (Å²) in [5.74, 6) is -2.41. The first-order valence-electron chi connectivity index (χ1n) is 24.1. The maximum absolute atomic E-state index is 13.6. The highest BCUT2D eigenvalue weighted by atomic mass is 16.8. The van der Waals surface area contributed by atoms with E-state index in [1.807, 2.05) is 13.8 Å². The Balaban J connectivity index is 1.03. The monoisotopic (exact) mass is 956 g/mol. The van der Waals surface area contributed by atoms with E-state index in [9.17, 15) is 45.0 Å². The fourth-order valence-corrected chi connectivity index (χ4v) is 13.6. The molecule has 7 aliphatic rings. The van der Waals surface area contributed by atoms with Crippen LogP contribution in [0.3, 0.4) is 0 Å². The highest BCUT2D eigenvalue weighted by Crippen LogP contribution is 2.70. The number of rotatable bonds is 13. The number of hydrogen-bond acceptors (Lipinski definition) is 19. The fraction of sp³-hybridized carbons (Fsp3) is 0.896. The summed E-state index contributed by atoms with van der Waals surface area (Å²) < 4.78 is 61.5. The van der Waals surface area contributed by atoms with Gasteiger partial charge in [-0.1, -0.05) is 19.9 Å². The van der Waals surface area contributed by atoms with Crippen molar-refractivity contribution in [2.45, 2.75) is 217 Å². The molecule has 0 amide bonds. The smallest absolute Gasteiger partial charge is 0.333 e. The van der Waals surface area contributed by atoms with E-state index in [0.29, 0.717) is 50.5 Å². The second-order valence-electron chi connectivity index (χ2n) is 20.8. The van der Waals surface area contributed by atoms with Crippen LogP contribution in [-0.4, -0.2) is 179 Å². The molecule has 19 heteroatoms. The van der Waals surface area contributed by atoms with Gasteiger partial charge in [-0.2, -0.15) is 0 Å². The summed E-state index contributed by atoms with van der Waals surface area (Å²) in [7, 11) is 2.92. The average molecular weight is 957 g/mol. The van der Waals surface area contributed by atoms with Crippen molar-refractivity contribution in [2.75, 3.05) is 20.8 Å². The number of fused-ring (bicyclic) bond motifs is 5. The number of carbonyl (C=O) groups excluding carboxylic acids is 3. The summed E-state index contributed by atoms with van der Waals surface area (Å²) in [4.78, 5) is 39.9. The topological polar surface area (TPSA) is 265 Å². The Morgan fingerprint density at radius 2 is 1.40 bits per heavy atom. The van der Waals surface area contributed by atoms with Crippen molar-refractivity contribution >= 4 is 17.7 Å². The number of aliphatic hydroxyl groups is 6. The lowest BCUT2D eigenvalue weighted by Crippen LogP contribution is -2.73. The second kappa shape index (κ2) is 20.5. The van der Waals surface area contributed by atoms with Gasteiger partial charge in [-0.25, -0.2) is 4.79 Å². The minimum Gasteiger partial charge on any atom is -0.458 e. The first-order valence-corrected chi connectivity index (χ1v) is 24.1. The molecule has 382 valence electrons. The molecule has 0 aromatic heterocycles. The van der Waals surface area contributed by atoms with Gasteiger partial charge in [-0.3, -0.25) is 9.59 Å². The summed E-state index contributed by atoms with van der Waals surface area (Å²) in [5, 5.41) is 65.3. The number of ketones is 1. The van der Waals surface area contributed by atoms with E-state index in [1.165, 1.54) is 21.0 Å². The molecule has 4 saturated carbocycles. The molecule has 0 aromatic carbocycles. The predicted octanol–water partition coefficient (Wildman–Crippen LogP) is 1.60. The maximum atomic E-state index is 13.6. The molecule has 0 spiro atoms. The molecule has 3 aliphatic heterocycles. The predicted molar refractivity (Wildman–Crippen MR) is 232 cm³/mol. The Morgan fingerprint density at radius 1 is 0.731 bits per heavy atom. The fourth-order valence-electron chi connectivity index (χ4n) is 13.6. The Bertz CT molecular complexity index is 1800. The van der Waals surface area contributed by atoms with E-state index < -0.39 is 139 Å². The zero-order chi connectivity index (χ0) is 49.1. The van der Waals surface area contributed by atoms with Crippen LogP contribution in [0.2, 0.25) is 0 Å². The van der Waals surface area contributed by atoms with Crippen LogP contribution in [0, 0.1) is 34.5 Å². The van der Waals surface area contributed by atoms with Gasteiger partial charge in [0.1, 0.15) is 66.8 Å². The van der Waals surface area contributed by atoms with Gasteiger partial charge in [0.25, 0.3) is 0 Å². The molecular weight excluding hydrogens is 881 g/mol. The lowest BCUT2D eigenvalue weighted by Gasteiger charge is -2.66. The van der Waals surface area contributed by atoms with Crippen molar-refractivity contribution in [3.8, 4) is 0 Å². The number of hydrogen-bond donors (Lipinski definition) is 6. The van der Waals surface area contributed by atoms with E-state index in [0.717, 1.165) is 6.42 Å². The quantitative estimate of drug-likeness (QED) is 0.0870. The van der Waals surface area contributed by atoms with Crippen LogP contribution in [0.4, 0.5) is 0 Å². The number of allylic oxidation sites excluding steroid dienone is 1. The van der Waals surface area contributed by atoms with Crippen molar-refractivity contribution in [1.82, 2.24) is 0 Å². The number of carbonyl (C=O) groups is 3. The number of aliphatic hydroxyl groups excluding tert-OH is 5. The third kappa shape index (κ3) is 9.30. The standard InChI is InChI=1S/C48H76O19/c1-11-21(2)43(56)67-42-40(62-25(6)51)33-29(48(57)17-15-28(22(3)50)47(42,48)8)13-12-26-18-27(14-16-46(26,33)7)63-32-19-30(58-9)38(23(4)60-32)65-45-37(55)41(59-10)39(24(5)61-45)66-44-36(54)35(53)34(52)31(20-49)64-44/h11,23-24,26-42,44-45,49,52-55,57H,12-20H2,1-10H3/b21-11+/t23?,24?,26-,27-,28+,29+,30+,31?,32-,33+,34+,35-,36?,37?,38+,39+,40-,41+,42+,44-,45-,46-,47-,48-/m0/s1. The van der Waals surface area contributed by atoms with Crippen molar-refractivity contribution in [3.05, 3.63) is 11.6 Å². The number of Topliss-reactive ketones (excluding diaryl/α,β-unsaturated/α-hetero) is 1. The SMILES string of the molecule is C/C=C(\C)C(=O)O[C@@H]1[C@@H](OC(C)=O)[C@H]2[C@@H](CC[C@H]3C[C@@H](O[C@H]4C[C@@H](OC)[C@H](O[C@@H]5OC(C)[C@@H](O[C@@H]6OC(CO)[C@@H](O)[C@H](O)C6O)[C@H](OC)C5O)C(C)O4)CC[C@@]32C)[C@@]2(O)CC[C@H](C(C)=O)[C@@]12C. The van der Waals surface area contributed by atoms with Gasteiger partial charge in [-0.15, -0.1) is 0 Å². The summed E-state index contributed by atoms with van der Waals surface area (Å²) in [5.41, 5.74) is -2.64. The first kappa shape index (κ1) is 52.6. The molecule has 0 bridgehead atoms. The number of ether oxygens (including phenoxy) is 10. The Kier molecular flexibility index (Phi) is 16.1. The minimum absolute atomic E-state index is 0.0848. The van der Waals surface area contributed by atoms with Crippen molar-refractivity contribution in [3.63, 3.8) is 0 Å². The molecule has 67 heavy (non-hydrogen) atoms. The second-order valence-corrected chi connectivity index (χ2v) is 20.8. The van der Waals surface area contributed by atoms with Gasteiger partial charge >= 0.3 is 11.9 Å². The summed E-state index contributed by atoms with van der Waals surface area (Å²) >= 11 is 0. The van der Waals surface area contributed by atoms with Gasteiger partial charge in [0.15, 0.2) is 18.9 Å². The van der Waals surface area contributed by atoms with Gasteiger partial charge in [0.2, 0.25) is 0 Å². The summed E-state index contributed by atoms with van der Waals surface area (Å²) in [6, 6.07) is 0. The number of methoxy groups -OCH3 is 2. The largest absolute Gasteiger partial charge is 0.458 e. The van der Waals surface area contributed by atoms with Crippen LogP contribution in [0.15, 0.2) is 11.6 Å². The zero-order valence-corrected chi connectivity index (χ0v) is 40.6. The molecule has 3 heterocycles. The molecule has 6 N–H and O–H groups in total. The molecule has 7 fully saturated rings. The summed E-state index contributed by atoms with van der Waals surface area (Å²) in [6.45, 7) is 13.1. The zero-order valence-electron chi connectivity index (χ0n) is 40.6. The van der Waals surface area contributed by atoms with E-state index in [2.05, 4.69) is 6.92 Å². The molecular formula is C48H76O19. The third-order valence-electron chi connectivity index (χ3n) is 17.3. The molecule has 3 saturated heterocycles. The first-order chi connectivity index (χ1) is 31.6. The van der Waals surface area contributed by atoms with Crippen molar-refractivity contribution in [1.29, 1.82) is 0 Å². The summed E-state index contributed by atoms with van der Waals surface area (Å²) in [6.07, 6.45) is -11.8.